The zero-order valence-electron chi connectivity index (χ0n) is 16.9. The molecule has 0 radical (unpaired) electrons. The number of hydrogen-bond acceptors (Lipinski definition) is 5. The fourth-order valence-corrected chi connectivity index (χ4v) is 5.14. The van der Waals surface area contributed by atoms with Crippen molar-refractivity contribution in [3.63, 3.8) is 0 Å². The molecule has 28 heavy (non-hydrogen) atoms. The number of benzene rings is 2. The van der Waals surface area contributed by atoms with Gasteiger partial charge in [-0.25, -0.2) is 0 Å². The molecule has 152 valence electrons. The van der Waals surface area contributed by atoms with Crippen molar-refractivity contribution in [2.45, 2.75) is 49.7 Å². The van der Waals surface area contributed by atoms with Crippen LogP contribution in [0.4, 0.5) is 0 Å². The van der Waals surface area contributed by atoms with E-state index in [0.29, 0.717) is 13.0 Å². The molecule has 5 heteroatoms. The summed E-state index contributed by atoms with van der Waals surface area (Å²) >= 11 is 1.65. The number of rotatable bonds is 7. The first-order valence-electron chi connectivity index (χ1n) is 9.89. The average Bonchev–Trinajstić information content (AvgIpc) is 2.71. The Labute approximate surface area is 171 Å². The molecule has 3 rings (SSSR count). The second kappa shape index (κ2) is 9.68. The number of ether oxygens (including phenoxy) is 2. The number of aliphatic hydroxyl groups is 2. The summed E-state index contributed by atoms with van der Waals surface area (Å²) in [6, 6.07) is 12.4. The fourth-order valence-electron chi connectivity index (χ4n) is 3.71. The lowest BCUT2D eigenvalue weighted by Gasteiger charge is -2.33. The summed E-state index contributed by atoms with van der Waals surface area (Å²) in [4.78, 5) is 0. The third-order valence-electron chi connectivity index (χ3n) is 5.30. The lowest BCUT2D eigenvalue weighted by molar-refractivity contribution is 0.146. The smallest absolute Gasteiger partial charge is 0.123 e. The zero-order chi connectivity index (χ0) is 20.1. The third-order valence-corrected chi connectivity index (χ3v) is 6.93. The molecule has 1 fully saturated rings. The fraction of sp³-hybridized carbons (Fsp3) is 0.478. The molecule has 3 atom stereocenters. The van der Waals surface area contributed by atoms with Crippen LogP contribution in [-0.2, 0) is 6.42 Å². The first-order chi connectivity index (χ1) is 13.5. The average molecular weight is 403 g/mol. The van der Waals surface area contributed by atoms with E-state index in [9.17, 15) is 10.2 Å². The van der Waals surface area contributed by atoms with Crippen LogP contribution >= 0.6 is 11.8 Å². The van der Waals surface area contributed by atoms with Crippen molar-refractivity contribution in [3.8, 4) is 11.5 Å². The van der Waals surface area contributed by atoms with Gasteiger partial charge in [-0.15, -0.1) is 11.8 Å². The highest BCUT2D eigenvalue weighted by Gasteiger charge is 2.33. The monoisotopic (exact) mass is 402 g/mol. The summed E-state index contributed by atoms with van der Waals surface area (Å²) < 4.78 is 11.2. The van der Waals surface area contributed by atoms with Gasteiger partial charge in [0.05, 0.1) is 31.7 Å². The maximum absolute atomic E-state index is 10.6. The molecule has 2 aromatic rings. The van der Waals surface area contributed by atoms with E-state index in [1.165, 1.54) is 16.7 Å². The molecule has 0 aliphatic carbocycles. The van der Waals surface area contributed by atoms with Crippen molar-refractivity contribution in [2.24, 2.45) is 0 Å². The Hall–Kier alpha value is -1.69. The molecule has 3 unspecified atom stereocenters. The van der Waals surface area contributed by atoms with Crippen molar-refractivity contribution in [2.75, 3.05) is 20.3 Å². The van der Waals surface area contributed by atoms with Crippen LogP contribution in [0.2, 0.25) is 0 Å². The van der Waals surface area contributed by atoms with Crippen LogP contribution < -0.4 is 9.47 Å². The van der Waals surface area contributed by atoms with E-state index in [0.717, 1.165) is 29.9 Å². The maximum Gasteiger partial charge on any atom is 0.123 e. The molecule has 0 saturated carbocycles. The summed E-state index contributed by atoms with van der Waals surface area (Å²) in [5.41, 5.74) is 4.62. The molecule has 2 N–H and O–H groups in total. The van der Waals surface area contributed by atoms with Gasteiger partial charge in [0.15, 0.2) is 0 Å². The quantitative estimate of drug-likeness (QED) is 0.724. The van der Waals surface area contributed by atoms with Gasteiger partial charge in [-0.3, -0.25) is 0 Å². The molecular weight excluding hydrogens is 372 g/mol. The van der Waals surface area contributed by atoms with E-state index in [-0.39, 0.29) is 17.1 Å². The Kier molecular flexibility index (Phi) is 7.27. The van der Waals surface area contributed by atoms with E-state index in [1.807, 2.05) is 19.1 Å². The highest BCUT2D eigenvalue weighted by atomic mass is 32.2. The topological polar surface area (TPSA) is 58.9 Å². The van der Waals surface area contributed by atoms with Crippen LogP contribution in [0.5, 0.6) is 11.5 Å². The van der Waals surface area contributed by atoms with Gasteiger partial charge < -0.3 is 19.7 Å². The minimum absolute atomic E-state index is 0.0828. The first-order valence-corrected chi connectivity index (χ1v) is 10.8. The van der Waals surface area contributed by atoms with Crippen molar-refractivity contribution >= 4 is 11.8 Å². The van der Waals surface area contributed by atoms with Crippen LogP contribution in [0.1, 0.15) is 47.3 Å². The molecule has 0 spiro atoms. The maximum atomic E-state index is 10.6. The van der Waals surface area contributed by atoms with Gasteiger partial charge in [-0.05, 0) is 68.0 Å². The Morgan fingerprint density at radius 1 is 1.14 bits per heavy atom. The standard InChI is InChI=1S/C23H30O4S/c1-4-27-18-7-5-16(6-8-18)12-17-13-20(22(26-3)11-15(17)2)23-21(25)10-9-19(14-24)28-23/h5-8,11,13,19,21,23-25H,4,9-10,12,14H2,1-3H3. The van der Waals surface area contributed by atoms with E-state index >= 15 is 0 Å². The predicted molar refractivity (Wildman–Crippen MR) is 115 cm³/mol. The Morgan fingerprint density at radius 2 is 1.89 bits per heavy atom. The lowest BCUT2D eigenvalue weighted by Crippen LogP contribution is -2.27. The first kappa shape index (κ1) is 21.0. The zero-order valence-corrected chi connectivity index (χ0v) is 17.7. The Balaban J connectivity index is 1.89. The van der Waals surface area contributed by atoms with Crippen LogP contribution in [0.3, 0.4) is 0 Å². The van der Waals surface area contributed by atoms with Crippen molar-refractivity contribution in [1.29, 1.82) is 0 Å². The van der Waals surface area contributed by atoms with Gasteiger partial charge in [0.25, 0.3) is 0 Å². The van der Waals surface area contributed by atoms with Crippen LogP contribution in [-0.4, -0.2) is 41.9 Å². The number of aryl methyl sites for hydroxylation is 1. The van der Waals surface area contributed by atoms with Gasteiger partial charge in [-0.1, -0.05) is 18.2 Å². The summed E-state index contributed by atoms with van der Waals surface area (Å²) in [7, 11) is 1.67. The van der Waals surface area contributed by atoms with Gasteiger partial charge in [-0.2, -0.15) is 0 Å². The van der Waals surface area contributed by atoms with Gasteiger partial charge >= 0.3 is 0 Å². The van der Waals surface area contributed by atoms with Crippen molar-refractivity contribution < 1.29 is 19.7 Å². The van der Waals surface area contributed by atoms with Crippen LogP contribution in [0, 0.1) is 6.92 Å². The highest BCUT2D eigenvalue weighted by molar-refractivity contribution is 8.00. The molecular formula is C23H30O4S. The molecule has 0 bridgehead atoms. The Morgan fingerprint density at radius 3 is 2.54 bits per heavy atom. The van der Waals surface area contributed by atoms with Gasteiger partial charge in [0.2, 0.25) is 0 Å². The second-order valence-electron chi connectivity index (χ2n) is 7.28. The Bertz CT molecular complexity index is 775. The molecule has 1 aliphatic rings. The number of methoxy groups -OCH3 is 1. The van der Waals surface area contributed by atoms with E-state index in [4.69, 9.17) is 9.47 Å². The molecule has 4 nitrogen and oxygen atoms in total. The molecule has 1 saturated heterocycles. The molecule has 1 heterocycles. The summed E-state index contributed by atoms with van der Waals surface area (Å²) in [5.74, 6) is 1.69. The summed E-state index contributed by atoms with van der Waals surface area (Å²) in [5, 5.41) is 20.3. The van der Waals surface area contributed by atoms with E-state index in [1.54, 1.807) is 18.9 Å². The molecule has 2 aromatic carbocycles. The number of thioether (sulfide) groups is 1. The van der Waals surface area contributed by atoms with Crippen molar-refractivity contribution in [3.05, 3.63) is 58.7 Å². The normalized spacial score (nSPS) is 22.1. The SMILES string of the molecule is CCOc1ccc(Cc2cc(C3SC(CO)CCC3O)c(OC)cc2C)cc1. The minimum atomic E-state index is -0.428. The summed E-state index contributed by atoms with van der Waals surface area (Å²) in [6.07, 6.45) is 1.93. The lowest BCUT2D eigenvalue weighted by atomic mass is 9.93. The van der Waals surface area contributed by atoms with E-state index < -0.39 is 6.10 Å². The summed E-state index contributed by atoms with van der Waals surface area (Å²) in [6.45, 7) is 4.88. The van der Waals surface area contributed by atoms with Crippen molar-refractivity contribution in [1.82, 2.24) is 0 Å². The second-order valence-corrected chi connectivity index (χ2v) is 8.73. The van der Waals surface area contributed by atoms with Gasteiger partial charge in [0, 0.05) is 10.8 Å². The van der Waals surface area contributed by atoms with Crippen LogP contribution in [0.15, 0.2) is 36.4 Å². The van der Waals surface area contributed by atoms with E-state index in [2.05, 4.69) is 31.2 Å². The number of aliphatic hydroxyl groups excluding tert-OH is 2. The predicted octanol–water partition coefficient (Wildman–Crippen LogP) is 4.28. The minimum Gasteiger partial charge on any atom is -0.496 e. The number of hydrogen-bond donors (Lipinski definition) is 2. The molecule has 0 amide bonds. The van der Waals surface area contributed by atoms with Gasteiger partial charge in [0.1, 0.15) is 11.5 Å². The van der Waals surface area contributed by atoms with Crippen LogP contribution in [0.25, 0.3) is 0 Å². The third kappa shape index (κ3) is 4.83. The largest absolute Gasteiger partial charge is 0.496 e. The molecule has 1 aliphatic heterocycles. The molecule has 0 aromatic heterocycles. The highest BCUT2D eigenvalue weighted by Crippen LogP contribution is 2.46.